The third-order valence-corrected chi connectivity index (χ3v) is 3.28. The van der Waals surface area contributed by atoms with Crippen molar-refractivity contribution in [3.8, 4) is 11.8 Å². The second kappa shape index (κ2) is 9.20. The van der Waals surface area contributed by atoms with Crippen LogP contribution in [-0.4, -0.2) is 49.3 Å². The predicted molar refractivity (Wildman–Crippen MR) is 75.2 cm³/mol. The Morgan fingerprint density at radius 1 is 1.41 bits per heavy atom. The molecule has 0 N–H and O–H groups in total. The van der Waals surface area contributed by atoms with E-state index in [1.165, 1.54) is 18.2 Å². The van der Waals surface area contributed by atoms with Gasteiger partial charge in [0.2, 0.25) is 0 Å². The zero-order valence-corrected chi connectivity index (χ0v) is 12.8. The normalized spacial score (nSPS) is 14.7. The molecule has 0 bridgehead atoms. The van der Waals surface area contributed by atoms with Crippen LogP contribution in [0, 0.1) is 21.4 Å². The summed E-state index contributed by atoms with van der Waals surface area (Å²) in [5.41, 5.74) is 0.240. The van der Waals surface area contributed by atoms with Gasteiger partial charge in [0, 0.05) is 25.7 Å². The van der Waals surface area contributed by atoms with Gasteiger partial charge in [-0.2, -0.15) is 5.26 Å². The van der Waals surface area contributed by atoms with E-state index in [4.69, 9.17) is 14.7 Å². The first-order valence-electron chi connectivity index (χ1n) is 6.82. The van der Waals surface area contributed by atoms with Crippen molar-refractivity contribution in [2.24, 2.45) is 0 Å². The van der Waals surface area contributed by atoms with Gasteiger partial charge in [0.15, 0.2) is 0 Å². The summed E-state index contributed by atoms with van der Waals surface area (Å²) in [7, 11) is 0. The molecule has 2 rings (SSSR count). The number of ether oxygens (including phenoxy) is 2. The fraction of sp³-hybridized carbons (Fsp3) is 0.500. The van der Waals surface area contributed by atoms with Crippen LogP contribution in [0.3, 0.4) is 0 Å². The van der Waals surface area contributed by atoms with Crippen molar-refractivity contribution in [3.05, 3.63) is 33.9 Å². The van der Waals surface area contributed by atoms with Gasteiger partial charge in [-0.1, -0.05) is 0 Å². The minimum absolute atomic E-state index is 0. The van der Waals surface area contributed by atoms with Gasteiger partial charge in [0.1, 0.15) is 11.8 Å². The summed E-state index contributed by atoms with van der Waals surface area (Å²) in [5.74, 6) is 0.272. The van der Waals surface area contributed by atoms with Crippen LogP contribution in [0.1, 0.15) is 12.0 Å². The second-order valence-electron chi connectivity index (χ2n) is 4.71. The van der Waals surface area contributed by atoms with Crippen molar-refractivity contribution in [2.45, 2.75) is 6.42 Å². The monoisotopic (exact) mass is 326 g/mol. The van der Waals surface area contributed by atoms with Crippen LogP contribution in [0.25, 0.3) is 0 Å². The molecule has 0 spiro atoms. The van der Waals surface area contributed by atoms with E-state index in [0.29, 0.717) is 12.2 Å². The third kappa shape index (κ3) is 5.15. The fourth-order valence-electron chi connectivity index (χ4n) is 2.13. The number of benzene rings is 1. The highest BCUT2D eigenvalue weighted by atomic mass is 35.5. The quantitative estimate of drug-likeness (QED) is 0.362. The molecule has 0 saturated carbocycles. The van der Waals surface area contributed by atoms with Crippen molar-refractivity contribution in [1.29, 1.82) is 5.26 Å². The number of hydrogen-bond donors (Lipinski definition) is 0. The van der Waals surface area contributed by atoms with Gasteiger partial charge in [-0.05, 0) is 12.5 Å². The number of hydrogen-bond acceptors (Lipinski definition) is 6. The highest BCUT2D eigenvalue weighted by Gasteiger charge is 2.13. The van der Waals surface area contributed by atoms with E-state index >= 15 is 0 Å². The van der Waals surface area contributed by atoms with Crippen molar-refractivity contribution in [2.75, 3.05) is 39.5 Å². The van der Waals surface area contributed by atoms with Crippen molar-refractivity contribution in [3.63, 3.8) is 0 Å². The van der Waals surface area contributed by atoms with Crippen molar-refractivity contribution < 1.29 is 26.8 Å². The zero-order chi connectivity index (χ0) is 15.1. The summed E-state index contributed by atoms with van der Waals surface area (Å²) in [6, 6.07) is 5.99. The smallest absolute Gasteiger partial charge is 0.273 e. The molecular formula is C14H17ClN3O4-. The minimum atomic E-state index is -0.498. The lowest BCUT2D eigenvalue weighted by Gasteiger charge is -2.26. The molecule has 1 heterocycles. The first kappa shape index (κ1) is 18.2. The van der Waals surface area contributed by atoms with Crippen LogP contribution in [0.5, 0.6) is 5.75 Å². The molecule has 1 saturated heterocycles. The van der Waals surface area contributed by atoms with Crippen LogP contribution in [0.4, 0.5) is 5.69 Å². The molecular weight excluding hydrogens is 310 g/mol. The van der Waals surface area contributed by atoms with Gasteiger partial charge in [-0.15, -0.1) is 0 Å². The number of morpholine rings is 1. The molecule has 0 unspecified atom stereocenters. The van der Waals surface area contributed by atoms with Gasteiger partial charge < -0.3 is 21.9 Å². The SMILES string of the molecule is N#Cc1ccc([N+](=O)[O-])cc1OCCCN1CCOCC1.[Cl-]. The van der Waals surface area contributed by atoms with Crippen LogP contribution in [0.2, 0.25) is 0 Å². The van der Waals surface area contributed by atoms with Crippen LogP contribution < -0.4 is 17.1 Å². The number of nitro benzene ring substituents is 1. The van der Waals surface area contributed by atoms with Gasteiger partial charge in [-0.25, -0.2) is 0 Å². The van der Waals surface area contributed by atoms with Gasteiger partial charge in [-0.3, -0.25) is 15.0 Å². The summed E-state index contributed by atoms with van der Waals surface area (Å²) in [5, 5.41) is 19.7. The Hall–Kier alpha value is -1.88. The molecule has 0 atom stereocenters. The first-order valence-corrected chi connectivity index (χ1v) is 6.82. The van der Waals surface area contributed by atoms with E-state index in [0.717, 1.165) is 39.3 Å². The van der Waals surface area contributed by atoms with Crippen LogP contribution in [0.15, 0.2) is 18.2 Å². The molecule has 1 aromatic carbocycles. The predicted octanol–water partition coefficient (Wildman–Crippen LogP) is -1.43. The molecule has 1 fully saturated rings. The Kier molecular flexibility index (Phi) is 7.60. The Morgan fingerprint density at radius 2 is 2.14 bits per heavy atom. The molecule has 7 nitrogen and oxygen atoms in total. The summed E-state index contributed by atoms with van der Waals surface area (Å²) < 4.78 is 10.8. The van der Waals surface area contributed by atoms with E-state index < -0.39 is 4.92 Å². The Balaban J connectivity index is 0.00000242. The summed E-state index contributed by atoms with van der Waals surface area (Å²) in [6.07, 6.45) is 0.799. The molecule has 1 aliphatic rings. The van der Waals surface area contributed by atoms with Crippen molar-refractivity contribution >= 4 is 5.69 Å². The van der Waals surface area contributed by atoms with Gasteiger partial charge >= 0.3 is 0 Å². The molecule has 120 valence electrons. The van der Waals surface area contributed by atoms with Crippen LogP contribution >= 0.6 is 0 Å². The molecule has 1 aromatic rings. The van der Waals surface area contributed by atoms with E-state index in [9.17, 15) is 10.1 Å². The van der Waals surface area contributed by atoms with Gasteiger partial charge in [0.05, 0.1) is 36.4 Å². The Morgan fingerprint density at radius 3 is 2.77 bits per heavy atom. The molecule has 0 aliphatic carbocycles. The zero-order valence-electron chi connectivity index (χ0n) is 12.0. The van der Waals surface area contributed by atoms with Gasteiger partial charge in [0.25, 0.3) is 5.69 Å². The molecule has 0 radical (unpaired) electrons. The topological polar surface area (TPSA) is 88.6 Å². The maximum absolute atomic E-state index is 10.7. The number of nitro groups is 1. The largest absolute Gasteiger partial charge is 1.00 e. The lowest BCUT2D eigenvalue weighted by molar-refractivity contribution is -0.384. The summed E-state index contributed by atoms with van der Waals surface area (Å²) in [4.78, 5) is 12.5. The van der Waals surface area contributed by atoms with E-state index in [1.807, 2.05) is 6.07 Å². The lowest BCUT2D eigenvalue weighted by atomic mass is 10.2. The molecule has 0 amide bonds. The number of nitriles is 1. The Labute approximate surface area is 135 Å². The number of non-ortho nitro benzene ring substituents is 1. The average Bonchev–Trinajstić information content (AvgIpc) is 2.52. The average molecular weight is 327 g/mol. The van der Waals surface area contributed by atoms with E-state index in [1.54, 1.807) is 0 Å². The summed E-state index contributed by atoms with van der Waals surface area (Å²) >= 11 is 0. The fourth-order valence-corrected chi connectivity index (χ4v) is 2.13. The first-order chi connectivity index (χ1) is 10.2. The van der Waals surface area contributed by atoms with E-state index in [-0.39, 0.29) is 23.8 Å². The maximum atomic E-state index is 10.7. The third-order valence-electron chi connectivity index (χ3n) is 3.28. The molecule has 22 heavy (non-hydrogen) atoms. The molecule has 1 aliphatic heterocycles. The van der Waals surface area contributed by atoms with Crippen molar-refractivity contribution in [1.82, 2.24) is 4.90 Å². The maximum Gasteiger partial charge on any atom is 0.273 e. The van der Waals surface area contributed by atoms with E-state index in [2.05, 4.69) is 4.90 Å². The molecule has 0 aromatic heterocycles. The minimum Gasteiger partial charge on any atom is -1.00 e. The summed E-state index contributed by atoms with van der Waals surface area (Å²) in [6.45, 7) is 4.66. The standard InChI is InChI=1S/C14H17N3O4.ClH/c15-11-12-2-3-13(17(18)19)10-14(12)21-7-1-4-16-5-8-20-9-6-16;/h2-3,10H,1,4-9H2;1H/p-1. The highest BCUT2D eigenvalue weighted by molar-refractivity contribution is 5.49. The number of rotatable bonds is 6. The number of halogens is 1. The number of nitrogens with zero attached hydrogens (tertiary/aromatic N) is 3. The molecule has 8 heteroatoms. The second-order valence-corrected chi connectivity index (χ2v) is 4.71. The Bertz CT molecular complexity index is 541. The van der Waals surface area contributed by atoms with Crippen LogP contribution in [-0.2, 0) is 4.74 Å². The lowest BCUT2D eigenvalue weighted by Crippen LogP contribution is -3.00. The highest BCUT2D eigenvalue weighted by Crippen LogP contribution is 2.24.